The first-order chi connectivity index (χ1) is 9.86. The maximum Gasteiger partial charge on any atom is 0.230 e. The molecule has 0 saturated heterocycles. The van der Waals surface area contributed by atoms with E-state index in [-0.39, 0.29) is 5.92 Å². The molecule has 114 valence electrons. The fourth-order valence-electron chi connectivity index (χ4n) is 1.90. The van der Waals surface area contributed by atoms with Crippen molar-refractivity contribution in [1.82, 2.24) is 24.7 Å². The molecule has 0 aliphatic rings. The molecule has 0 atom stereocenters. The fourth-order valence-corrected chi connectivity index (χ4v) is 1.90. The van der Waals surface area contributed by atoms with Crippen LogP contribution < -0.4 is 9.80 Å². The quantitative estimate of drug-likeness (QED) is 0.830. The van der Waals surface area contributed by atoms with Gasteiger partial charge in [-0.3, -0.25) is 4.68 Å². The van der Waals surface area contributed by atoms with Crippen molar-refractivity contribution in [2.75, 3.05) is 30.9 Å². The Morgan fingerprint density at radius 1 is 1.10 bits per heavy atom. The normalized spacial score (nSPS) is 11.0. The second-order valence-corrected chi connectivity index (χ2v) is 5.72. The summed E-state index contributed by atoms with van der Waals surface area (Å²) in [5.41, 5.74) is 1.12. The standard InChI is InChI=1S/C14H23N7/c1-10(2)12-16-13(19(3)4)18-14(17-12)20(5)8-11-7-15-21(6)9-11/h7,9-10H,8H2,1-6H3. The molecule has 0 spiro atoms. The molecule has 21 heavy (non-hydrogen) atoms. The molecule has 2 aromatic heterocycles. The zero-order valence-corrected chi connectivity index (χ0v) is 13.6. The Bertz CT molecular complexity index is 577. The van der Waals surface area contributed by atoms with Gasteiger partial charge in [0.25, 0.3) is 0 Å². The van der Waals surface area contributed by atoms with Crippen LogP contribution in [0.5, 0.6) is 0 Å². The largest absolute Gasteiger partial charge is 0.347 e. The summed E-state index contributed by atoms with van der Waals surface area (Å²) in [6.45, 7) is 4.88. The molecule has 2 aromatic rings. The van der Waals surface area contributed by atoms with Crippen molar-refractivity contribution < 1.29 is 0 Å². The summed E-state index contributed by atoms with van der Waals surface area (Å²) in [5, 5.41) is 4.18. The van der Waals surface area contributed by atoms with E-state index < -0.39 is 0 Å². The summed E-state index contributed by atoms with van der Waals surface area (Å²) >= 11 is 0. The number of rotatable bonds is 5. The zero-order chi connectivity index (χ0) is 15.6. The van der Waals surface area contributed by atoms with Crippen LogP contribution in [0, 0.1) is 0 Å². The highest BCUT2D eigenvalue weighted by atomic mass is 15.3. The molecule has 0 N–H and O–H groups in total. The van der Waals surface area contributed by atoms with E-state index in [9.17, 15) is 0 Å². The van der Waals surface area contributed by atoms with E-state index in [1.54, 1.807) is 4.68 Å². The van der Waals surface area contributed by atoms with Gasteiger partial charge in [-0.05, 0) is 0 Å². The number of aryl methyl sites for hydroxylation is 1. The van der Waals surface area contributed by atoms with E-state index in [0.29, 0.717) is 18.4 Å². The Hall–Kier alpha value is -2.18. The number of hydrogen-bond donors (Lipinski definition) is 0. The summed E-state index contributed by atoms with van der Waals surface area (Å²) in [5.74, 6) is 2.43. The minimum absolute atomic E-state index is 0.261. The van der Waals surface area contributed by atoms with Crippen molar-refractivity contribution in [3.63, 3.8) is 0 Å². The van der Waals surface area contributed by atoms with Crippen molar-refractivity contribution in [1.29, 1.82) is 0 Å². The lowest BCUT2D eigenvalue weighted by Crippen LogP contribution is -2.23. The highest BCUT2D eigenvalue weighted by molar-refractivity contribution is 5.38. The molecule has 7 nitrogen and oxygen atoms in total. The van der Waals surface area contributed by atoms with Crippen LogP contribution in [0.2, 0.25) is 0 Å². The van der Waals surface area contributed by atoms with Gasteiger partial charge in [0.05, 0.1) is 6.20 Å². The van der Waals surface area contributed by atoms with E-state index in [2.05, 4.69) is 33.9 Å². The molecule has 7 heteroatoms. The predicted molar refractivity (Wildman–Crippen MR) is 83.6 cm³/mol. The smallest absolute Gasteiger partial charge is 0.230 e. The van der Waals surface area contributed by atoms with Crippen molar-refractivity contribution in [2.24, 2.45) is 7.05 Å². The summed E-state index contributed by atoms with van der Waals surface area (Å²) in [6.07, 6.45) is 3.85. The van der Waals surface area contributed by atoms with Crippen molar-refractivity contribution >= 4 is 11.9 Å². The number of nitrogens with zero attached hydrogens (tertiary/aromatic N) is 7. The second-order valence-electron chi connectivity index (χ2n) is 5.72. The third-order valence-electron chi connectivity index (χ3n) is 3.07. The van der Waals surface area contributed by atoms with Gasteiger partial charge in [0.15, 0.2) is 0 Å². The van der Waals surface area contributed by atoms with Crippen LogP contribution in [-0.2, 0) is 13.6 Å². The molecular weight excluding hydrogens is 266 g/mol. The molecule has 0 aliphatic carbocycles. The molecule has 0 saturated carbocycles. The van der Waals surface area contributed by atoms with Gasteiger partial charge in [0, 0.05) is 52.4 Å². The predicted octanol–water partition coefficient (Wildman–Crippen LogP) is 1.43. The van der Waals surface area contributed by atoms with Crippen molar-refractivity contribution in [3.05, 3.63) is 23.8 Å². The molecule has 0 unspecified atom stereocenters. The lowest BCUT2D eigenvalue weighted by molar-refractivity contribution is 0.736. The third kappa shape index (κ3) is 3.68. The lowest BCUT2D eigenvalue weighted by atomic mass is 10.2. The highest BCUT2D eigenvalue weighted by Crippen LogP contribution is 2.18. The summed E-state index contributed by atoms with van der Waals surface area (Å²) in [7, 11) is 7.76. The Morgan fingerprint density at radius 2 is 1.76 bits per heavy atom. The van der Waals surface area contributed by atoms with Crippen LogP contribution >= 0.6 is 0 Å². The second kappa shape index (κ2) is 6.07. The Balaban J connectivity index is 2.28. The summed E-state index contributed by atoms with van der Waals surface area (Å²) < 4.78 is 1.79. The first-order valence-corrected chi connectivity index (χ1v) is 6.98. The van der Waals surface area contributed by atoms with Gasteiger partial charge in [-0.2, -0.15) is 20.1 Å². The van der Waals surface area contributed by atoms with Gasteiger partial charge in [-0.25, -0.2) is 0 Å². The molecule has 0 aliphatic heterocycles. The average Bonchev–Trinajstić information content (AvgIpc) is 2.83. The minimum Gasteiger partial charge on any atom is -0.347 e. The molecule has 0 aromatic carbocycles. The molecule has 0 bridgehead atoms. The van der Waals surface area contributed by atoms with E-state index in [0.717, 1.165) is 11.4 Å². The molecule has 0 fully saturated rings. The van der Waals surface area contributed by atoms with Gasteiger partial charge in [-0.1, -0.05) is 13.8 Å². The lowest BCUT2D eigenvalue weighted by Gasteiger charge is -2.20. The molecule has 0 radical (unpaired) electrons. The van der Waals surface area contributed by atoms with Gasteiger partial charge in [0.2, 0.25) is 11.9 Å². The van der Waals surface area contributed by atoms with Crippen molar-refractivity contribution in [2.45, 2.75) is 26.3 Å². The zero-order valence-electron chi connectivity index (χ0n) is 13.6. The van der Waals surface area contributed by atoms with Gasteiger partial charge < -0.3 is 9.80 Å². The van der Waals surface area contributed by atoms with Gasteiger partial charge in [-0.15, -0.1) is 0 Å². The molecular formula is C14H23N7. The fraction of sp³-hybridized carbons (Fsp3) is 0.571. The van der Waals surface area contributed by atoms with Gasteiger partial charge in [0.1, 0.15) is 5.82 Å². The van der Waals surface area contributed by atoms with Crippen LogP contribution in [0.1, 0.15) is 31.2 Å². The Morgan fingerprint density at radius 3 is 2.29 bits per heavy atom. The van der Waals surface area contributed by atoms with Crippen LogP contribution in [0.25, 0.3) is 0 Å². The van der Waals surface area contributed by atoms with E-state index in [1.165, 1.54) is 0 Å². The van der Waals surface area contributed by atoms with Crippen LogP contribution in [0.3, 0.4) is 0 Å². The molecule has 2 heterocycles. The maximum absolute atomic E-state index is 4.57. The number of anilines is 2. The SMILES string of the molecule is CC(C)c1nc(N(C)C)nc(N(C)Cc2cnn(C)c2)n1. The van der Waals surface area contributed by atoms with E-state index >= 15 is 0 Å². The summed E-state index contributed by atoms with van der Waals surface area (Å²) in [4.78, 5) is 17.5. The van der Waals surface area contributed by atoms with Gasteiger partial charge >= 0.3 is 0 Å². The van der Waals surface area contributed by atoms with Crippen LogP contribution in [-0.4, -0.2) is 45.9 Å². The topological polar surface area (TPSA) is 63.0 Å². The summed E-state index contributed by atoms with van der Waals surface area (Å²) in [6, 6.07) is 0. The minimum atomic E-state index is 0.261. The first kappa shape index (κ1) is 15.2. The van der Waals surface area contributed by atoms with Crippen LogP contribution in [0.15, 0.2) is 12.4 Å². The number of hydrogen-bond acceptors (Lipinski definition) is 6. The van der Waals surface area contributed by atoms with Crippen molar-refractivity contribution in [3.8, 4) is 0 Å². The average molecular weight is 289 g/mol. The third-order valence-corrected chi connectivity index (χ3v) is 3.07. The van der Waals surface area contributed by atoms with E-state index in [1.807, 2.05) is 50.4 Å². The first-order valence-electron chi connectivity index (χ1n) is 6.98. The van der Waals surface area contributed by atoms with E-state index in [4.69, 9.17) is 0 Å². The molecule has 2 rings (SSSR count). The monoisotopic (exact) mass is 289 g/mol. The highest BCUT2D eigenvalue weighted by Gasteiger charge is 2.14. The van der Waals surface area contributed by atoms with Crippen LogP contribution in [0.4, 0.5) is 11.9 Å². The molecule has 0 amide bonds. The maximum atomic E-state index is 4.57. The Labute approximate surface area is 125 Å². The Kier molecular flexibility index (Phi) is 4.40. The number of aromatic nitrogens is 5.